The lowest BCUT2D eigenvalue weighted by Gasteiger charge is -2.48. The number of hydrogen-bond acceptors (Lipinski definition) is 3. The SMILES string of the molecule is O=C(CCc1cnn(-c2ccccc2)c1)N1CCC2(CC1)CNC2. The lowest BCUT2D eigenvalue weighted by Crippen LogP contribution is -2.58. The van der Waals surface area contributed by atoms with Crippen molar-refractivity contribution in [2.24, 2.45) is 5.41 Å². The van der Waals surface area contributed by atoms with Gasteiger partial charge in [-0.15, -0.1) is 0 Å². The van der Waals surface area contributed by atoms with Crippen molar-refractivity contribution in [2.75, 3.05) is 26.2 Å². The average Bonchev–Trinajstić information content (AvgIpc) is 3.08. The molecule has 0 radical (unpaired) electrons. The number of carbonyl (C=O) groups is 1. The summed E-state index contributed by atoms with van der Waals surface area (Å²) in [6, 6.07) is 10.1. The summed E-state index contributed by atoms with van der Waals surface area (Å²) >= 11 is 0. The normalized spacial score (nSPS) is 19.2. The number of piperidine rings is 1. The van der Waals surface area contributed by atoms with Crippen molar-refractivity contribution in [3.8, 4) is 5.69 Å². The topological polar surface area (TPSA) is 50.2 Å². The van der Waals surface area contributed by atoms with Crippen LogP contribution in [0.25, 0.3) is 5.69 Å². The van der Waals surface area contributed by atoms with Crippen molar-refractivity contribution in [3.63, 3.8) is 0 Å². The third-order valence-corrected chi connectivity index (χ3v) is 5.46. The molecule has 1 spiro atoms. The minimum atomic E-state index is 0.282. The molecule has 5 heteroatoms. The van der Waals surface area contributed by atoms with Crippen LogP contribution in [-0.4, -0.2) is 46.8 Å². The molecule has 126 valence electrons. The first-order chi connectivity index (χ1) is 11.7. The van der Waals surface area contributed by atoms with Gasteiger partial charge in [0.05, 0.1) is 11.9 Å². The fraction of sp³-hybridized carbons (Fsp3) is 0.474. The van der Waals surface area contributed by atoms with Crippen LogP contribution in [0.15, 0.2) is 42.7 Å². The smallest absolute Gasteiger partial charge is 0.222 e. The van der Waals surface area contributed by atoms with Gasteiger partial charge in [0.15, 0.2) is 0 Å². The molecule has 4 rings (SSSR count). The summed E-state index contributed by atoms with van der Waals surface area (Å²) < 4.78 is 1.87. The lowest BCUT2D eigenvalue weighted by molar-refractivity contribution is -0.134. The summed E-state index contributed by atoms with van der Waals surface area (Å²) in [5.41, 5.74) is 2.66. The Morgan fingerprint density at radius 1 is 1.17 bits per heavy atom. The van der Waals surface area contributed by atoms with Crippen LogP contribution in [0, 0.1) is 5.41 Å². The fourth-order valence-corrected chi connectivity index (χ4v) is 3.68. The number of aromatic nitrogens is 2. The molecule has 2 aromatic rings. The molecule has 2 aliphatic heterocycles. The summed E-state index contributed by atoms with van der Waals surface area (Å²) in [6.07, 6.45) is 7.52. The number of benzene rings is 1. The summed E-state index contributed by atoms with van der Waals surface area (Å²) in [5, 5.41) is 7.76. The molecule has 1 amide bonds. The van der Waals surface area contributed by atoms with Gasteiger partial charge in [-0.3, -0.25) is 4.79 Å². The largest absolute Gasteiger partial charge is 0.343 e. The zero-order chi connectivity index (χ0) is 16.4. The van der Waals surface area contributed by atoms with Crippen molar-refractivity contribution in [1.29, 1.82) is 0 Å². The Morgan fingerprint density at radius 3 is 2.58 bits per heavy atom. The number of nitrogens with zero attached hydrogens (tertiary/aromatic N) is 3. The predicted octanol–water partition coefficient (Wildman–Crippen LogP) is 2.02. The minimum absolute atomic E-state index is 0.282. The van der Waals surface area contributed by atoms with Gasteiger partial charge in [0.25, 0.3) is 0 Å². The van der Waals surface area contributed by atoms with Crippen LogP contribution in [0.3, 0.4) is 0 Å². The van der Waals surface area contributed by atoms with Crippen molar-refractivity contribution < 1.29 is 4.79 Å². The second-order valence-electron chi connectivity index (χ2n) is 7.11. The molecule has 0 atom stereocenters. The van der Waals surface area contributed by atoms with Gasteiger partial charge in [0.1, 0.15) is 0 Å². The van der Waals surface area contributed by atoms with Crippen molar-refractivity contribution in [2.45, 2.75) is 25.7 Å². The third-order valence-electron chi connectivity index (χ3n) is 5.46. The van der Waals surface area contributed by atoms with Crippen LogP contribution in [0.1, 0.15) is 24.8 Å². The van der Waals surface area contributed by atoms with E-state index in [9.17, 15) is 4.79 Å². The molecular formula is C19H24N4O. The highest BCUT2D eigenvalue weighted by atomic mass is 16.2. The molecule has 1 aromatic heterocycles. The summed E-state index contributed by atoms with van der Waals surface area (Å²) in [4.78, 5) is 14.5. The monoisotopic (exact) mass is 324 g/mol. The molecule has 0 unspecified atom stereocenters. The van der Waals surface area contributed by atoms with Gasteiger partial charge >= 0.3 is 0 Å². The Kier molecular flexibility index (Phi) is 4.10. The molecule has 2 saturated heterocycles. The second-order valence-corrected chi connectivity index (χ2v) is 7.11. The number of carbonyl (C=O) groups excluding carboxylic acids is 1. The van der Waals surface area contributed by atoms with E-state index in [2.05, 4.69) is 10.4 Å². The summed E-state index contributed by atoms with van der Waals surface area (Å²) in [7, 11) is 0. The maximum atomic E-state index is 12.4. The first-order valence-electron chi connectivity index (χ1n) is 8.82. The van der Waals surface area contributed by atoms with Gasteiger partial charge in [-0.1, -0.05) is 18.2 Å². The average molecular weight is 324 g/mol. The Morgan fingerprint density at radius 2 is 1.92 bits per heavy atom. The third kappa shape index (κ3) is 3.08. The van der Waals surface area contributed by atoms with Gasteiger partial charge in [-0.2, -0.15) is 5.10 Å². The first-order valence-corrected chi connectivity index (χ1v) is 8.82. The van der Waals surface area contributed by atoms with Crippen molar-refractivity contribution >= 4 is 5.91 Å². The van der Waals surface area contributed by atoms with Gasteiger partial charge in [-0.25, -0.2) is 4.68 Å². The molecule has 5 nitrogen and oxygen atoms in total. The number of rotatable bonds is 4. The van der Waals surface area contributed by atoms with E-state index in [0.717, 1.165) is 56.7 Å². The first kappa shape index (κ1) is 15.4. The number of nitrogens with one attached hydrogen (secondary N) is 1. The molecule has 0 saturated carbocycles. The van der Waals surface area contributed by atoms with Crippen LogP contribution < -0.4 is 5.32 Å². The molecule has 3 heterocycles. The molecule has 2 fully saturated rings. The van der Waals surface area contributed by atoms with E-state index in [0.29, 0.717) is 11.8 Å². The van der Waals surface area contributed by atoms with E-state index in [1.165, 1.54) is 0 Å². The van der Waals surface area contributed by atoms with Gasteiger partial charge in [0, 0.05) is 38.8 Å². The number of hydrogen-bond donors (Lipinski definition) is 1. The van der Waals surface area contributed by atoms with Crippen LogP contribution in [0.5, 0.6) is 0 Å². The quantitative estimate of drug-likeness (QED) is 0.936. The molecule has 1 N–H and O–H groups in total. The van der Waals surface area contributed by atoms with Gasteiger partial charge in [-0.05, 0) is 42.4 Å². The molecular weight excluding hydrogens is 300 g/mol. The Labute approximate surface area is 142 Å². The number of aryl methyl sites for hydroxylation is 1. The van der Waals surface area contributed by atoms with Crippen LogP contribution in [0.2, 0.25) is 0 Å². The van der Waals surface area contributed by atoms with E-state index < -0.39 is 0 Å². The van der Waals surface area contributed by atoms with Gasteiger partial charge in [0.2, 0.25) is 5.91 Å². The van der Waals surface area contributed by atoms with E-state index in [1.807, 2.05) is 52.3 Å². The highest BCUT2D eigenvalue weighted by molar-refractivity contribution is 5.76. The van der Waals surface area contributed by atoms with E-state index in [-0.39, 0.29) is 5.91 Å². The zero-order valence-electron chi connectivity index (χ0n) is 13.9. The lowest BCUT2D eigenvalue weighted by atomic mass is 9.73. The summed E-state index contributed by atoms with van der Waals surface area (Å²) in [5.74, 6) is 0.282. The molecule has 24 heavy (non-hydrogen) atoms. The fourth-order valence-electron chi connectivity index (χ4n) is 3.68. The number of amides is 1. The van der Waals surface area contributed by atoms with Gasteiger partial charge < -0.3 is 10.2 Å². The zero-order valence-corrected chi connectivity index (χ0v) is 13.9. The maximum Gasteiger partial charge on any atom is 0.222 e. The Balaban J connectivity index is 1.29. The van der Waals surface area contributed by atoms with Crippen molar-refractivity contribution in [1.82, 2.24) is 20.0 Å². The van der Waals surface area contributed by atoms with E-state index >= 15 is 0 Å². The maximum absolute atomic E-state index is 12.4. The molecule has 1 aromatic carbocycles. The van der Waals surface area contributed by atoms with Crippen LogP contribution in [-0.2, 0) is 11.2 Å². The Bertz CT molecular complexity index is 695. The number of likely N-dealkylation sites (tertiary alicyclic amines) is 1. The Hall–Kier alpha value is -2.14. The molecule has 2 aliphatic rings. The highest BCUT2D eigenvalue weighted by Crippen LogP contribution is 2.35. The van der Waals surface area contributed by atoms with Crippen LogP contribution in [0.4, 0.5) is 0 Å². The highest BCUT2D eigenvalue weighted by Gasteiger charge is 2.40. The van der Waals surface area contributed by atoms with Crippen LogP contribution >= 0.6 is 0 Å². The summed E-state index contributed by atoms with van der Waals surface area (Å²) in [6.45, 7) is 4.11. The molecule has 0 bridgehead atoms. The van der Waals surface area contributed by atoms with E-state index in [4.69, 9.17) is 0 Å². The second kappa shape index (κ2) is 6.40. The number of para-hydroxylation sites is 1. The van der Waals surface area contributed by atoms with Crippen molar-refractivity contribution in [3.05, 3.63) is 48.3 Å². The standard InChI is InChI=1S/C19H24N4O/c24-18(22-10-8-19(9-11-22)14-20-15-19)7-6-16-12-21-23(13-16)17-4-2-1-3-5-17/h1-5,12-13,20H,6-11,14-15H2. The predicted molar refractivity (Wildman–Crippen MR) is 93.0 cm³/mol. The molecule has 0 aliphatic carbocycles. The van der Waals surface area contributed by atoms with E-state index in [1.54, 1.807) is 0 Å². The minimum Gasteiger partial charge on any atom is -0.343 e.